The van der Waals surface area contributed by atoms with Crippen LogP contribution in [0.4, 0.5) is 19.0 Å². The summed E-state index contributed by atoms with van der Waals surface area (Å²) < 4.78 is 49.3. The molecule has 8 nitrogen and oxygen atoms in total. The highest BCUT2D eigenvalue weighted by Crippen LogP contribution is 2.35. The number of halogens is 4. The summed E-state index contributed by atoms with van der Waals surface area (Å²) >= 11 is 5.78. The Balaban J connectivity index is 2.19. The van der Waals surface area contributed by atoms with Gasteiger partial charge in [-0.25, -0.2) is 9.29 Å². The third kappa shape index (κ3) is 4.72. The first-order valence-corrected chi connectivity index (χ1v) is 8.27. The van der Waals surface area contributed by atoms with Crippen molar-refractivity contribution in [1.29, 1.82) is 0 Å². The van der Waals surface area contributed by atoms with E-state index >= 15 is 0 Å². The van der Waals surface area contributed by atoms with Gasteiger partial charge in [-0.15, -0.1) is 0 Å². The number of rotatable bonds is 8. The number of hydrogen-bond donors (Lipinski definition) is 1. The minimum atomic E-state index is -3.74. The molecule has 28 heavy (non-hydrogen) atoms. The van der Waals surface area contributed by atoms with Crippen LogP contribution in [0.5, 0.6) is 5.75 Å². The summed E-state index contributed by atoms with van der Waals surface area (Å²) in [5.74, 6) is -1.62. The molecule has 1 aromatic carbocycles. The molecular formula is C16H18ClF3N4O4. The Labute approximate surface area is 163 Å². The first-order valence-electron chi connectivity index (χ1n) is 7.90. The van der Waals surface area contributed by atoms with Crippen molar-refractivity contribution < 1.29 is 27.9 Å². The predicted molar refractivity (Wildman–Crippen MR) is 94.0 cm³/mol. The van der Waals surface area contributed by atoms with Crippen LogP contribution in [0.15, 0.2) is 24.4 Å². The molecular weight excluding hydrogens is 405 g/mol. The van der Waals surface area contributed by atoms with Gasteiger partial charge in [0, 0.05) is 12.6 Å². The van der Waals surface area contributed by atoms with Crippen molar-refractivity contribution in [2.75, 3.05) is 20.7 Å². The van der Waals surface area contributed by atoms with E-state index in [1.165, 1.54) is 20.1 Å². The number of ether oxygens (including phenoxy) is 1. The molecule has 1 unspecified atom stereocenters. The monoisotopic (exact) mass is 422 g/mol. The van der Waals surface area contributed by atoms with Gasteiger partial charge in [0.05, 0.1) is 24.8 Å². The number of hydrogen-bond acceptors (Lipinski definition) is 6. The smallest absolute Gasteiger partial charge is 0.383 e. The van der Waals surface area contributed by atoms with E-state index in [0.717, 1.165) is 29.9 Å². The fraction of sp³-hybridized carbons (Fsp3) is 0.438. The van der Waals surface area contributed by atoms with Crippen molar-refractivity contribution in [3.05, 3.63) is 51.2 Å². The van der Waals surface area contributed by atoms with Gasteiger partial charge in [0.1, 0.15) is 17.8 Å². The number of imidazole rings is 1. The van der Waals surface area contributed by atoms with Crippen molar-refractivity contribution in [3.63, 3.8) is 0 Å². The number of benzene rings is 1. The van der Waals surface area contributed by atoms with Crippen LogP contribution >= 0.6 is 11.6 Å². The number of aromatic nitrogens is 2. The molecule has 0 saturated heterocycles. The van der Waals surface area contributed by atoms with E-state index in [1.807, 2.05) is 0 Å². The second-order valence-electron chi connectivity index (χ2n) is 6.49. The van der Waals surface area contributed by atoms with Gasteiger partial charge in [0.15, 0.2) is 0 Å². The standard InChI is InChI=1S/C16H18ClF3N4O4/c1-15(25,9-23-7-13(24(26)27)21-14(23)17)8-22(2)16(19,20)11-5-4-10(28-3)6-12(11)18/h4-7,25H,8-9H2,1-3H3. The third-order valence-electron chi connectivity index (χ3n) is 3.97. The van der Waals surface area contributed by atoms with Crippen LogP contribution in [0.3, 0.4) is 0 Å². The van der Waals surface area contributed by atoms with Crippen LogP contribution in [0.2, 0.25) is 5.28 Å². The molecule has 0 bridgehead atoms. The largest absolute Gasteiger partial charge is 0.497 e. The van der Waals surface area contributed by atoms with Crippen LogP contribution in [-0.4, -0.2) is 50.8 Å². The topological polar surface area (TPSA) is 93.7 Å². The Kier molecular flexibility index (Phi) is 6.21. The lowest BCUT2D eigenvalue weighted by Gasteiger charge is -2.34. The third-order valence-corrected chi connectivity index (χ3v) is 4.27. The average Bonchev–Trinajstić information content (AvgIpc) is 2.94. The van der Waals surface area contributed by atoms with Crippen molar-refractivity contribution in [2.45, 2.75) is 25.1 Å². The molecule has 0 aliphatic rings. The number of alkyl halides is 2. The van der Waals surface area contributed by atoms with Gasteiger partial charge >= 0.3 is 17.1 Å². The van der Waals surface area contributed by atoms with Crippen molar-refractivity contribution in [2.24, 2.45) is 0 Å². The zero-order valence-electron chi connectivity index (χ0n) is 15.2. The van der Waals surface area contributed by atoms with Gasteiger partial charge < -0.3 is 20.0 Å². The van der Waals surface area contributed by atoms with Crippen LogP contribution in [0.1, 0.15) is 12.5 Å². The summed E-state index contributed by atoms with van der Waals surface area (Å²) in [6, 6.07) is -0.817. The van der Waals surface area contributed by atoms with Crippen molar-refractivity contribution in [3.8, 4) is 5.75 Å². The van der Waals surface area contributed by atoms with E-state index in [2.05, 4.69) is 4.98 Å². The number of aliphatic hydroxyl groups is 1. The molecule has 1 heterocycles. The van der Waals surface area contributed by atoms with Crippen LogP contribution in [-0.2, 0) is 12.6 Å². The average molecular weight is 423 g/mol. The molecule has 0 aliphatic carbocycles. The van der Waals surface area contributed by atoms with E-state index in [-0.39, 0.29) is 17.6 Å². The molecule has 1 N–H and O–H groups in total. The maximum Gasteiger partial charge on any atom is 0.383 e. The first-order chi connectivity index (χ1) is 12.9. The SMILES string of the molecule is COc1ccc(C(F)(F)N(C)CC(C)(O)Cn2cc([N+](=O)[O-])nc2Cl)c(F)c1. The Hall–Kier alpha value is -2.37. The molecule has 0 fully saturated rings. The molecule has 0 saturated carbocycles. The Morgan fingerprint density at radius 3 is 2.61 bits per heavy atom. The number of nitro groups is 1. The molecule has 154 valence electrons. The lowest BCUT2D eigenvalue weighted by Crippen LogP contribution is -2.48. The van der Waals surface area contributed by atoms with Gasteiger partial charge in [-0.05, 0) is 47.6 Å². The second kappa shape index (κ2) is 7.94. The molecule has 2 aromatic rings. The normalized spacial score (nSPS) is 14.2. The number of nitrogens with zero attached hydrogens (tertiary/aromatic N) is 4. The van der Waals surface area contributed by atoms with E-state index in [4.69, 9.17) is 16.3 Å². The molecule has 2 rings (SSSR count). The predicted octanol–water partition coefficient (Wildman–Crippen LogP) is 3.02. The molecule has 0 spiro atoms. The van der Waals surface area contributed by atoms with Crippen molar-refractivity contribution in [1.82, 2.24) is 14.5 Å². The minimum absolute atomic E-state index is 0.0862. The Morgan fingerprint density at radius 2 is 2.11 bits per heavy atom. The highest BCUT2D eigenvalue weighted by atomic mass is 35.5. The Morgan fingerprint density at radius 1 is 1.46 bits per heavy atom. The van der Waals surface area contributed by atoms with Gasteiger partial charge in [-0.2, -0.15) is 8.78 Å². The van der Waals surface area contributed by atoms with Crippen LogP contribution < -0.4 is 4.74 Å². The molecule has 1 atom stereocenters. The van der Waals surface area contributed by atoms with Crippen LogP contribution in [0.25, 0.3) is 0 Å². The molecule has 0 aliphatic heterocycles. The summed E-state index contributed by atoms with van der Waals surface area (Å²) in [6.45, 7) is 0.290. The first kappa shape index (κ1) is 21.9. The fourth-order valence-electron chi connectivity index (χ4n) is 2.68. The van der Waals surface area contributed by atoms with Crippen molar-refractivity contribution >= 4 is 17.4 Å². The van der Waals surface area contributed by atoms with E-state index < -0.39 is 40.3 Å². The maximum absolute atomic E-state index is 14.7. The fourth-order valence-corrected chi connectivity index (χ4v) is 2.87. The van der Waals surface area contributed by atoms with Crippen LogP contribution in [0, 0.1) is 15.9 Å². The molecule has 1 aromatic heterocycles. The minimum Gasteiger partial charge on any atom is -0.497 e. The second-order valence-corrected chi connectivity index (χ2v) is 6.83. The zero-order chi connectivity index (χ0) is 21.3. The highest BCUT2D eigenvalue weighted by Gasteiger charge is 2.42. The number of likely N-dealkylation sites (N-methyl/N-ethyl adjacent to an activating group) is 1. The zero-order valence-corrected chi connectivity index (χ0v) is 16.0. The van der Waals surface area contributed by atoms with Gasteiger partial charge in [-0.3, -0.25) is 4.57 Å². The lowest BCUT2D eigenvalue weighted by atomic mass is 10.1. The Bertz CT molecular complexity index is 876. The molecule has 0 amide bonds. The quantitative estimate of drug-likeness (QED) is 0.399. The lowest BCUT2D eigenvalue weighted by molar-refractivity contribution is -0.389. The summed E-state index contributed by atoms with van der Waals surface area (Å²) in [4.78, 5) is 13.9. The maximum atomic E-state index is 14.7. The summed E-state index contributed by atoms with van der Waals surface area (Å²) in [5.41, 5.74) is -2.68. The summed E-state index contributed by atoms with van der Waals surface area (Å²) in [7, 11) is 2.29. The molecule has 12 heteroatoms. The van der Waals surface area contributed by atoms with E-state index in [1.54, 1.807) is 0 Å². The summed E-state index contributed by atoms with van der Waals surface area (Å²) in [6.07, 6.45) is 0.984. The van der Waals surface area contributed by atoms with E-state index in [9.17, 15) is 28.4 Å². The van der Waals surface area contributed by atoms with Gasteiger partial charge in [0.2, 0.25) is 0 Å². The van der Waals surface area contributed by atoms with Gasteiger partial charge in [0.25, 0.3) is 0 Å². The highest BCUT2D eigenvalue weighted by molar-refractivity contribution is 6.28. The van der Waals surface area contributed by atoms with Gasteiger partial charge in [-0.1, -0.05) is 0 Å². The number of methoxy groups -OCH3 is 1. The molecule has 0 radical (unpaired) electrons. The van der Waals surface area contributed by atoms with E-state index in [0.29, 0.717) is 4.90 Å². The summed E-state index contributed by atoms with van der Waals surface area (Å²) in [5, 5.41) is 21.0.